The molecule has 1 atom stereocenters. The van der Waals surface area contributed by atoms with Crippen LogP contribution in [0.2, 0.25) is 0 Å². The Bertz CT molecular complexity index is 627. The van der Waals surface area contributed by atoms with Crippen LogP contribution in [0.5, 0.6) is 0 Å². The Morgan fingerprint density at radius 2 is 2.14 bits per heavy atom. The first-order chi connectivity index (χ1) is 10.3. The standard InChI is InChI=1S/C15H22N2O3S2/c1-5-9-16-15(18)12(2)21-11-13-7-6-8-14(10-13)22(19,20)17(3)4/h5-8,10,12H,1,9,11H2,2-4H3,(H,16,18). The van der Waals surface area contributed by atoms with Gasteiger partial charge in [0.2, 0.25) is 15.9 Å². The molecule has 1 N–H and O–H groups in total. The van der Waals surface area contributed by atoms with Crippen molar-refractivity contribution in [3.05, 3.63) is 42.5 Å². The lowest BCUT2D eigenvalue weighted by atomic mass is 10.2. The molecule has 0 saturated carbocycles. The number of nitrogens with zero attached hydrogens (tertiary/aromatic N) is 1. The Hall–Kier alpha value is -1.31. The fraction of sp³-hybridized carbons (Fsp3) is 0.400. The number of hydrogen-bond acceptors (Lipinski definition) is 4. The summed E-state index contributed by atoms with van der Waals surface area (Å²) in [5, 5.41) is 2.52. The van der Waals surface area contributed by atoms with Crippen molar-refractivity contribution in [3.63, 3.8) is 0 Å². The lowest BCUT2D eigenvalue weighted by molar-refractivity contribution is -0.120. The van der Waals surface area contributed by atoms with E-state index in [1.54, 1.807) is 24.3 Å². The summed E-state index contributed by atoms with van der Waals surface area (Å²) in [4.78, 5) is 12.0. The van der Waals surface area contributed by atoms with Crippen molar-refractivity contribution in [1.82, 2.24) is 9.62 Å². The second-order valence-electron chi connectivity index (χ2n) is 4.92. The zero-order valence-electron chi connectivity index (χ0n) is 13.1. The Kier molecular flexibility index (Phi) is 7.12. The second kappa shape index (κ2) is 8.36. The number of carbonyl (C=O) groups is 1. The molecule has 122 valence electrons. The van der Waals surface area contributed by atoms with Gasteiger partial charge in [-0.15, -0.1) is 18.3 Å². The highest BCUT2D eigenvalue weighted by Crippen LogP contribution is 2.21. The van der Waals surface area contributed by atoms with E-state index in [-0.39, 0.29) is 16.1 Å². The van der Waals surface area contributed by atoms with Crippen LogP contribution in [0, 0.1) is 0 Å². The Morgan fingerprint density at radius 3 is 2.73 bits per heavy atom. The first kappa shape index (κ1) is 18.7. The lowest BCUT2D eigenvalue weighted by Crippen LogP contribution is -2.30. The number of sulfonamides is 1. The molecule has 1 unspecified atom stereocenters. The molecule has 0 heterocycles. The molecule has 0 aliphatic heterocycles. The minimum Gasteiger partial charge on any atom is -0.352 e. The van der Waals surface area contributed by atoms with Crippen LogP contribution in [-0.4, -0.2) is 44.5 Å². The van der Waals surface area contributed by atoms with Gasteiger partial charge in [-0.05, 0) is 24.6 Å². The molecule has 0 spiro atoms. The molecule has 0 saturated heterocycles. The van der Waals surface area contributed by atoms with E-state index in [0.717, 1.165) is 5.56 Å². The van der Waals surface area contributed by atoms with E-state index >= 15 is 0 Å². The van der Waals surface area contributed by atoms with Crippen molar-refractivity contribution in [2.45, 2.75) is 22.8 Å². The maximum absolute atomic E-state index is 12.1. The van der Waals surface area contributed by atoms with Gasteiger partial charge in [-0.3, -0.25) is 4.79 Å². The quantitative estimate of drug-likeness (QED) is 0.732. The third-order valence-electron chi connectivity index (χ3n) is 2.97. The van der Waals surface area contributed by atoms with Gasteiger partial charge in [0.25, 0.3) is 0 Å². The fourth-order valence-electron chi connectivity index (χ4n) is 1.62. The zero-order chi connectivity index (χ0) is 16.8. The van der Waals surface area contributed by atoms with Crippen molar-refractivity contribution in [2.24, 2.45) is 0 Å². The van der Waals surface area contributed by atoms with Crippen molar-refractivity contribution < 1.29 is 13.2 Å². The average molecular weight is 342 g/mol. The summed E-state index contributed by atoms with van der Waals surface area (Å²) >= 11 is 1.46. The highest BCUT2D eigenvalue weighted by molar-refractivity contribution is 7.99. The van der Waals surface area contributed by atoms with E-state index in [4.69, 9.17) is 0 Å². The van der Waals surface area contributed by atoms with Gasteiger partial charge in [-0.2, -0.15) is 0 Å². The topological polar surface area (TPSA) is 66.5 Å². The van der Waals surface area contributed by atoms with Gasteiger partial charge in [0.05, 0.1) is 10.1 Å². The molecule has 0 aliphatic carbocycles. The van der Waals surface area contributed by atoms with E-state index < -0.39 is 10.0 Å². The maximum atomic E-state index is 12.1. The van der Waals surface area contributed by atoms with Crippen LogP contribution in [0.1, 0.15) is 12.5 Å². The zero-order valence-corrected chi connectivity index (χ0v) is 14.7. The summed E-state index contributed by atoms with van der Waals surface area (Å²) in [6, 6.07) is 6.80. The smallest absolute Gasteiger partial charge is 0.242 e. The molecule has 0 bridgehead atoms. The molecular weight excluding hydrogens is 320 g/mol. The molecule has 7 heteroatoms. The molecule has 5 nitrogen and oxygen atoms in total. The number of hydrogen-bond donors (Lipinski definition) is 1. The van der Waals surface area contributed by atoms with Gasteiger partial charge in [-0.1, -0.05) is 18.2 Å². The third kappa shape index (κ3) is 5.15. The van der Waals surface area contributed by atoms with E-state index in [0.29, 0.717) is 12.3 Å². The molecular formula is C15H22N2O3S2. The third-order valence-corrected chi connectivity index (χ3v) is 5.99. The van der Waals surface area contributed by atoms with Crippen LogP contribution in [0.4, 0.5) is 0 Å². The Morgan fingerprint density at radius 1 is 1.45 bits per heavy atom. The Balaban J connectivity index is 2.72. The average Bonchev–Trinajstić information content (AvgIpc) is 2.50. The minimum atomic E-state index is -3.43. The first-order valence-corrected chi connectivity index (χ1v) is 9.29. The summed E-state index contributed by atoms with van der Waals surface area (Å²) < 4.78 is 25.4. The lowest BCUT2D eigenvalue weighted by Gasteiger charge is -2.13. The van der Waals surface area contributed by atoms with Crippen LogP contribution >= 0.6 is 11.8 Å². The van der Waals surface area contributed by atoms with Crippen LogP contribution in [0.25, 0.3) is 0 Å². The second-order valence-corrected chi connectivity index (χ2v) is 8.40. The molecule has 0 radical (unpaired) electrons. The summed E-state index contributed by atoms with van der Waals surface area (Å²) in [6.45, 7) is 5.82. The maximum Gasteiger partial charge on any atom is 0.242 e. The van der Waals surface area contributed by atoms with Gasteiger partial charge < -0.3 is 5.32 Å². The van der Waals surface area contributed by atoms with Crippen molar-refractivity contribution >= 4 is 27.7 Å². The number of thioether (sulfide) groups is 1. The van der Waals surface area contributed by atoms with Crippen molar-refractivity contribution in [1.29, 1.82) is 0 Å². The number of carbonyl (C=O) groups excluding carboxylic acids is 1. The molecule has 0 aromatic heterocycles. The summed E-state index contributed by atoms with van der Waals surface area (Å²) in [5.41, 5.74) is 0.872. The van der Waals surface area contributed by atoms with Crippen molar-refractivity contribution in [3.8, 4) is 0 Å². The number of nitrogens with one attached hydrogen (secondary N) is 1. The molecule has 1 aromatic carbocycles. The SMILES string of the molecule is C=CCNC(=O)C(C)SCc1cccc(S(=O)(=O)N(C)C)c1. The number of rotatable bonds is 8. The van der Waals surface area contributed by atoms with E-state index in [1.807, 2.05) is 13.0 Å². The molecule has 1 aromatic rings. The van der Waals surface area contributed by atoms with Gasteiger partial charge in [0.1, 0.15) is 0 Å². The molecule has 22 heavy (non-hydrogen) atoms. The highest BCUT2D eigenvalue weighted by Gasteiger charge is 2.18. The van der Waals surface area contributed by atoms with E-state index in [2.05, 4.69) is 11.9 Å². The Labute approximate surface area is 136 Å². The predicted octanol–water partition coefficient (Wildman–Crippen LogP) is 1.86. The normalized spacial score (nSPS) is 12.9. The van der Waals surface area contributed by atoms with Crippen LogP contribution < -0.4 is 5.32 Å². The monoisotopic (exact) mass is 342 g/mol. The van der Waals surface area contributed by atoms with Gasteiger partial charge in [0.15, 0.2) is 0 Å². The van der Waals surface area contributed by atoms with Gasteiger partial charge in [0, 0.05) is 26.4 Å². The molecule has 0 fully saturated rings. The van der Waals surface area contributed by atoms with E-state index in [1.165, 1.54) is 30.2 Å². The fourth-order valence-corrected chi connectivity index (χ4v) is 3.45. The number of amides is 1. The molecule has 1 rings (SSSR count). The molecule has 1 amide bonds. The first-order valence-electron chi connectivity index (χ1n) is 6.80. The van der Waals surface area contributed by atoms with Crippen molar-refractivity contribution in [2.75, 3.05) is 20.6 Å². The van der Waals surface area contributed by atoms with E-state index in [9.17, 15) is 13.2 Å². The van der Waals surface area contributed by atoms with Crippen LogP contribution in [0.15, 0.2) is 41.8 Å². The van der Waals surface area contributed by atoms with Crippen LogP contribution in [0.3, 0.4) is 0 Å². The minimum absolute atomic E-state index is 0.0537. The molecule has 0 aliphatic rings. The highest BCUT2D eigenvalue weighted by atomic mass is 32.2. The van der Waals surface area contributed by atoms with Gasteiger partial charge >= 0.3 is 0 Å². The van der Waals surface area contributed by atoms with Gasteiger partial charge in [-0.25, -0.2) is 12.7 Å². The summed E-state index contributed by atoms with van der Waals surface area (Å²) in [6.07, 6.45) is 1.63. The number of benzene rings is 1. The van der Waals surface area contributed by atoms with Crippen LogP contribution in [-0.2, 0) is 20.6 Å². The summed E-state index contributed by atoms with van der Waals surface area (Å²) in [5.74, 6) is 0.515. The summed E-state index contributed by atoms with van der Waals surface area (Å²) in [7, 11) is -0.427. The largest absolute Gasteiger partial charge is 0.352 e. The predicted molar refractivity (Wildman–Crippen MR) is 91.3 cm³/mol.